The van der Waals surface area contributed by atoms with Gasteiger partial charge in [0.25, 0.3) is 0 Å². The van der Waals surface area contributed by atoms with Gasteiger partial charge in [-0.25, -0.2) is 0 Å². The molecular weight excluding hydrogens is 311 g/mol. The van der Waals surface area contributed by atoms with Crippen LogP contribution in [0.25, 0.3) is 0 Å². The number of hydrogen-bond acceptors (Lipinski definition) is 2. The highest BCUT2D eigenvalue weighted by atomic mass is 35.5. The topological polar surface area (TPSA) is 38.0 Å². The minimum absolute atomic E-state index is 0.0652. The van der Waals surface area contributed by atoms with E-state index in [0.29, 0.717) is 15.0 Å². The molecule has 0 saturated carbocycles. The lowest BCUT2D eigenvalue weighted by Gasteiger charge is -2.17. The van der Waals surface area contributed by atoms with Gasteiger partial charge in [-0.2, -0.15) is 0 Å². The molecule has 0 amide bonds. The summed E-state index contributed by atoms with van der Waals surface area (Å²) in [7, 11) is 0. The van der Waals surface area contributed by atoms with Crippen LogP contribution >= 0.6 is 35.4 Å². The van der Waals surface area contributed by atoms with Gasteiger partial charge < -0.3 is 11.1 Å². The van der Waals surface area contributed by atoms with Gasteiger partial charge in [-0.05, 0) is 48.9 Å². The third kappa shape index (κ3) is 3.63. The van der Waals surface area contributed by atoms with Gasteiger partial charge in [-0.15, -0.1) is 0 Å². The summed E-state index contributed by atoms with van der Waals surface area (Å²) in [6, 6.07) is 13.2. The van der Waals surface area contributed by atoms with Crippen molar-refractivity contribution in [2.75, 3.05) is 5.32 Å². The monoisotopic (exact) mass is 324 g/mol. The highest BCUT2D eigenvalue weighted by Gasteiger charge is 2.10. The number of benzene rings is 2. The zero-order chi connectivity index (χ0) is 14.7. The molecule has 1 atom stereocenters. The Morgan fingerprint density at radius 2 is 1.80 bits per heavy atom. The Morgan fingerprint density at radius 3 is 2.35 bits per heavy atom. The summed E-state index contributed by atoms with van der Waals surface area (Å²) in [6.07, 6.45) is 0. The molecule has 0 fully saturated rings. The van der Waals surface area contributed by atoms with Gasteiger partial charge in [0, 0.05) is 27.3 Å². The molecule has 0 bridgehead atoms. The van der Waals surface area contributed by atoms with Crippen LogP contribution in [0.3, 0.4) is 0 Å². The van der Waals surface area contributed by atoms with E-state index in [2.05, 4.69) is 5.32 Å². The first-order valence-corrected chi connectivity index (χ1v) is 7.25. The first-order chi connectivity index (χ1) is 9.47. The molecular formula is C15H14Cl2N2S. The molecule has 1 unspecified atom stereocenters. The zero-order valence-electron chi connectivity index (χ0n) is 10.9. The van der Waals surface area contributed by atoms with Gasteiger partial charge in [-0.3, -0.25) is 0 Å². The second-order valence-corrected chi connectivity index (χ2v) is 5.76. The number of thiocarbonyl (C=S) groups is 1. The van der Waals surface area contributed by atoms with Gasteiger partial charge in [0.05, 0.1) is 0 Å². The smallest absolute Gasteiger partial charge is 0.103 e. The zero-order valence-corrected chi connectivity index (χ0v) is 13.2. The molecule has 2 aromatic rings. The van der Waals surface area contributed by atoms with Crippen molar-refractivity contribution in [3.05, 3.63) is 63.6 Å². The Morgan fingerprint density at radius 1 is 1.15 bits per heavy atom. The maximum atomic E-state index is 6.20. The fraction of sp³-hybridized carbons (Fsp3) is 0.133. The van der Waals surface area contributed by atoms with Crippen LogP contribution in [0.1, 0.15) is 24.1 Å². The predicted octanol–water partition coefficient (Wildman–Crippen LogP) is 4.80. The van der Waals surface area contributed by atoms with E-state index in [0.717, 1.165) is 16.8 Å². The van der Waals surface area contributed by atoms with E-state index in [9.17, 15) is 0 Å². The second kappa shape index (κ2) is 6.44. The molecule has 5 heteroatoms. The van der Waals surface area contributed by atoms with Crippen molar-refractivity contribution in [2.45, 2.75) is 13.0 Å². The van der Waals surface area contributed by atoms with Crippen molar-refractivity contribution in [2.24, 2.45) is 5.73 Å². The Kier molecular flexibility index (Phi) is 4.86. The number of nitrogens with one attached hydrogen (secondary N) is 1. The lowest BCUT2D eigenvalue weighted by atomic mass is 10.1. The lowest BCUT2D eigenvalue weighted by Crippen LogP contribution is -2.10. The lowest BCUT2D eigenvalue weighted by molar-refractivity contribution is 0.885. The van der Waals surface area contributed by atoms with Gasteiger partial charge in [0.2, 0.25) is 0 Å². The Labute approximate surface area is 133 Å². The maximum absolute atomic E-state index is 6.20. The van der Waals surface area contributed by atoms with Crippen molar-refractivity contribution in [1.82, 2.24) is 0 Å². The maximum Gasteiger partial charge on any atom is 0.103 e. The quantitative estimate of drug-likeness (QED) is 0.793. The fourth-order valence-electron chi connectivity index (χ4n) is 1.91. The molecule has 0 aromatic heterocycles. The van der Waals surface area contributed by atoms with E-state index in [1.54, 1.807) is 6.07 Å². The van der Waals surface area contributed by atoms with E-state index in [4.69, 9.17) is 41.2 Å². The molecule has 2 aromatic carbocycles. The van der Waals surface area contributed by atoms with Crippen molar-refractivity contribution < 1.29 is 0 Å². The molecule has 0 aliphatic carbocycles. The average molecular weight is 325 g/mol. The molecule has 0 radical (unpaired) electrons. The first-order valence-electron chi connectivity index (χ1n) is 6.08. The second-order valence-electron chi connectivity index (χ2n) is 4.47. The summed E-state index contributed by atoms with van der Waals surface area (Å²) in [5.74, 6) is 0. The van der Waals surface area contributed by atoms with Crippen molar-refractivity contribution in [3.63, 3.8) is 0 Å². The van der Waals surface area contributed by atoms with E-state index < -0.39 is 0 Å². The number of rotatable bonds is 4. The summed E-state index contributed by atoms with van der Waals surface area (Å²) in [5.41, 5.74) is 8.39. The number of halogens is 2. The SMILES string of the molecule is CC(Nc1ccc(C(N)=S)cc1)c1ccc(Cl)cc1Cl. The van der Waals surface area contributed by atoms with Crippen LogP contribution in [0.4, 0.5) is 5.69 Å². The normalized spacial score (nSPS) is 11.9. The molecule has 0 aliphatic rings. The van der Waals surface area contributed by atoms with E-state index in [1.807, 2.05) is 43.3 Å². The van der Waals surface area contributed by atoms with Crippen LogP contribution in [-0.2, 0) is 0 Å². The minimum atomic E-state index is 0.0652. The molecule has 3 N–H and O–H groups in total. The third-order valence-electron chi connectivity index (χ3n) is 2.98. The number of anilines is 1. The summed E-state index contributed by atoms with van der Waals surface area (Å²) in [4.78, 5) is 0.394. The molecule has 2 nitrogen and oxygen atoms in total. The highest BCUT2D eigenvalue weighted by molar-refractivity contribution is 7.80. The van der Waals surface area contributed by atoms with E-state index in [1.165, 1.54) is 0 Å². The van der Waals surface area contributed by atoms with Crippen molar-refractivity contribution in [3.8, 4) is 0 Å². The van der Waals surface area contributed by atoms with Gasteiger partial charge in [0.15, 0.2) is 0 Å². The average Bonchev–Trinajstić information content (AvgIpc) is 2.39. The Bertz CT molecular complexity index is 626. The third-order valence-corrected chi connectivity index (χ3v) is 3.78. The van der Waals surface area contributed by atoms with Gasteiger partial charge >= 0.3 is 0 Å². The largest absolute Gasteiger partial charge is 0.389 e. The van der Waals surface area contributed by atoms with Crippen LogP contribution in [0.2, 0.25) is 10.0 Å². The number of nitrogens with two attached hydrogens (primary N) is 1. The minimum Gasteiger partial charge on any atom is -0.389 e. The van der Waals surface area contributed by atoms with Crippen LogP contribution in [0.5, 0.6) is 0 Å². The molecule has 20 heavy (non-hydrogen) atoms. The van der Waals surface area contributed by atoms with Crippen LogP contribution in [0, 0.1) is 0 Å². The molecule has 0 aliphatic heterocycles. The molecule has 0 heterocycles. The van der Waals surface area contributed by atoms with Crippen LogP contribution in [-0.4, -0.2) is 4.99 Å². The Hall–Kier alpha value is -1.29. The summed E-state index contributed by atoms with van der Waals surface area (Å²) in [5, 5.41) is 4.65. The first kappa shape index (κ1) is 15.1. The van der Waals surface area contributed by atoms with Crippen molar-refractivity contribution >= 4 is 46.1 Å². The predicted molar refractivity (Wildman–Crippen MR) is 90.8 cm³/mol. The van der Waals surface area contributed by atoms with Crippen molar-refractivity contribution in [1.29, 1.82) is 0 Å². The molecule has 2 rings (SSSR count). The Balaban J connectivity index is 2.14. The summed E-state index contributed by atoms with van der Waals surface area (Å²) < 4.78 is 0. The van der Waals surface area contributed by atoms with E-state index in [-0.39, 0.29) is 6.04 Å². The van der Waals surface area contributed by atoms with Gasteiger partial charge in [-0.1, -0.05) is 41.5 Å². The summed E-state index contributed by atoms with van der Waals surface area (Å²) in [6.45, 7) is 2.04. The number of hydrogen-bond donors (Lipinski definition) is 2. The standard InChI is InChI=1S/C15H14Cl2N2S/c1-9(13-7-4-11(16)8-14(13)17)19-12-5-2-10(3-6-12)15(18)20/h2-9,19H,1H3,(H2,18,20). The highest BCUT2D eigenvalue weighted by Crippen LogP contribution is 2.28. The molecule has 0 saturated heterocycles. The summed E-state index contributed by atoms with van der Waals surface area (Å²) >= 11 is 17.0. The van der Waals surface area contributed by atoms with E-state index >= 15 is 0 Å². The van der Waals surface area contributed by atoms with Gasteiger partial charge in [0.1, 0.15) is 4.99 Å². The van der Waals surface area contributed by atoms with Crippen LogP contribution in [0.15, 0.2) is 42.5 Å². The molecule has 104 valence electrons. The van der Waals surface area contributed by atoms with Crippen LogP contribution < -0.4 is 11.1 Å². The fourth-order valence-corrected chi connectivity index (χ4v) is 2.62. The molecule has 0 spiro atoms.